The molecule has 0 aliphatic carbocycles. The van der Waals surface area contributed by atoms with Crippen molar-refractivity contribution in [2.24, 2.45) is 0 Å². The Bertz CT molecular complexity index is 677. The van der Waals surface area contributed by atoms with Gasteiger partial charge in [0.1, 0.15) is 5.00 Å². The van der Waals surface area contributed by atoms with E-state index in [0.717, 1.165) is 0 Å². The molecule has 0 spiro atoms. The van der Waals surface area contributed by atoms with Gasteiger partial charge in [0.2, 0.25) is 0 Å². The van der Waals surface area contributed by atoms with E-state index in [1.165, 1.54) is 35.6 Å². The van der Waals surface area contributed by atoms with Crippen LogP contribution >= 0.6 is 11.3 Å². The van der Waals surface area contributed by atoms with E-state index >= 15 is 0 Å². The molecule has 0 aromatic carbocycles. The number of carboxylic acid groups (broad SMARTS) is 1. The SMILES string of the molecule is CN(CCC(=O)O)C(=O)c1ccsc1NC(=O)c1ccco1. The van der Waals surface area contributed by atoms with E-state index in [4.69, 9.17) is 9.52 Å². The number of hydrogen-bond donors (Lipinski definition) is 2. The number of anilines is 1. The van der Waals surface area contributed by atoms with Crippen LogP contribution in [0.4, 0.5) is 5.00 Å². The van der Waals surface area contributed by atoms with Crippen molar-refractivity contribution in [3.8, 4) is 0 Å². The average molecular weight is 322 g/mol. The molecule has 2 amide bonds. The first-order chi connectivity index (χ1) is 10.5. The Morgan fingerprint density at radius 3 is 2.77 bits per heavy atom. The second-order valence-corrected chi connectivity index (χ2v) is 5.38. The second-order valence-electron chi connectivity index (χ2n) is 4.47. The van der Waals surface area contributed by atoms with Crippen molar-refractivity contribution in [2.45, 2.75) is 6.42 Å². The van der Waals surface area contributed by atoms with E-state index in [9.17, 15) is 14.4 Å². The molecule has 2 rings (SSSR count). The molecule has 2 heterocycles. The number of thiophene rings is 1. The summed E-state index contributed by atoms with van der Waals surface area (Å²) in [6.45, 7) is 0.0928. The van der Waals surface area contributed by atoms with Crippen molar-refractivity contribution in [3.05, 3.63) is 41.2 Å². The summed E-state index contributed by atoms with van der Waals surface area (Å²) in [5.74, 6) is -1.63. The third-order valence-corrected chi connectivity index (χ3v) is 3.71. The van der Waals surface area contributed by atoms with E-state index in [1.54, 1.807) is 17.5 Å². The van der Waals surface area contributed by atoms with Crippen LogP contribution in [0.25, 0.3) is 0 Å². The largest absolute Gasteiger partial charge is 0.481 e. The van der Waals surface area contributed by atoms with Crippen LogP contribution < -0.4 is 5.32 Å². The van der Waals surface area contributed by atoms with Crippen LogP contribution in [0.15, 0.2) is 34.3 Å². The zero-order valence-electron chi connectivity index (χ0n) is 11.7. The first kappa shape index (κ1) is 15.8. The topological polar surface area (TPSA) is 99.9 Å². The van der Waals surface area contributed by atoms with Crippen molar-refractivity contribution in [2.75, 3.05) is 18.9 Å². The first-order valence-corrected chi connectivity index (χ1v) is 7.26. The van der Waals surface area contributed by atoms with E-state index in [2.05, 4.69) is 5.32 Å². The number of carboxylic acids is 1. The lowest BCUT2D eigenvalue weighted by Crippen LogP contribution is -2.29. The number of rotatable bonds is 6. The molecule has 8 heteroatoms. The maximum absolute atomic E-state index is 12.3. The van der Waals surface area contributed by atoms with Gasteiger partial charge in [0.15, 0.2) is 5.76 Å². The standard InChI is InChI=1S/C14H14N2O5S/c1-16(6-4-11(17)18)14(20)9-5-8-22-13(9)15-12(19)10-3-2-7-21-10/h2-3,5,7-8H,4,6H2,1H3,(H,15,19)(H,17,18). The molecule has 0 fully saturated rings. The lowest BCUT2D eigenvalue weighted by atomic mass is 10.2. The van der Waals surface area contributed by atoms with Crippen molar-refractivity contribution in [1.29, 1.82) is 0 Å². The number of amides is 2. The highest BCUT2D eigenvalue weighted by Crippen LogP contribution is 2.25. The number of nitrogens with one attached hydrogen (secondary N) is 1. The fraction of sp³-hybridized carbons (Fsp3) is 0.214. The molecule has 116 valence electrons. The lowest BCUT2D eigenvalue weighted by Gasteiger charge is -2.16. The highest BCUT2D eigenvalue weighted by Gasteiger charge is 2.20. The Kier molecular flexibility index (Phi) is 4.95. The number of carbonyl (C=O) groups is 3. The fourth-order valence-electron chi connectivity index (χ4n) is 1.72. The molecular weight excluding hydrogens is 308 g/mol. The second kappa shape index (κ2) is 6.90. The zero-order chi connectivity index (χ0) is 16.1. The zero-order valence-corrected chi connectivity index (χ0v) is 12.6. The normalized spacial score (nSPS) is 10.2. The molecule has 0 atom stereocenters. The summed E-state index contributed by atoms with van der Waals surface area (Å²) in [7, 11) is 1.51. The quantitative estimate of drug-likeness (QED) is 0.848. The molecule has 22 heavy (non-hydrogen) atoms. The van der Waals surface area contributed by atoms with Crippen LogP contribution in [0.1, 0.15) is 27.3 Å². The minimum atomic E-state index is -0.976. The van der Waals surface area contributed by atoms with E-state index < -0.39 is 11.9 Å². The van der Waals surface area contributed by atoms with Crippen molar-refractivity contribution in [3.63, 3.8) is 0 Å². The van der Waals surface area contributed by atoms with Crippen LogP contribution in [0.5, 0.6) is 0 Å². The van der Waals surface area contributed by atoms with Crippen molar-refractivity contribution >= 4 is 34.1 Å². The van der Waals surface area contributed by atoms with Gasteiger partial charge in [-0.15, -0.1) is 11.3 Å². The summed E-state index contributed by atoms with van der Waals surface area (Å²) in [5.41, 5.74) is 0.317. The first-order valence-electron chi connectivity index (χ1n) is 6.38. The van der Waals surface area contributed by atoms with E-state index in [0.29, 0.717) is 10.6 Å². The molecule has 0 saturated heterocycles. The van der Waals surface area contributed by atoms with Crippen molar-refractivity contribution < 1.29 is 23.9 Å². The van der Waals surface area contributed by atoms with Crippen LogP contribution in [0.2, 0.25) is 0 Å². The Balaban J connectivity index is 2.07. The van der Waals surface area contributed by atoms with Crippen LogP contribution in [0, 0.1) is 0 Å². The van der Waals surface area contributed by atoms with Crippen LogP contribution in [0.3, 0.4) is 0 Å². The van der Waals surface area contributed by atoms with Gasteiger partial charge in [-0.1, -0.05) is 0 Å². The van der Waals surface area contributed by atoms with E-state index in [1.807, 2.05) is 0 Å². The smallest absolute Gasteiger partial charge is 0.305 e. The molecule has 7 nitrogen and oxygen atoms in total. The molecular formula is C14H14N2O5S. The van der Waals surface area contributed by atoms with Gasteiger partial charge >= 0.3 is 5.97 Å². The lowest BCUT2D eigenvalue weighted by molar-refractivity contribution is -0.137. The van der Waals surface area contributed by atoms with Gasteiger partial charge in [-0.25, -0.2) is 0 Å². The third kappa shape index (κ3) is 3.73. The van der Waals surface area contributed by atoms with Gasteiger partial charge in [0, 0.05) is 13.6 Å². The molecule has 0 saturated carbocycles. The highest BCUT2D eigenvalue weighted by atomic mass is 32.1. The molecule has 2 N–H and O–H groups in total. The van der Waals surface area contributed by atoms with Crippen molar-refractivity contribution in [1.82, 2.24) is 4.90 Å². The molecule has 0 bridgehead atoms. The summed E-state index contributed by atoms with van der Waals surface area (Å²) in [5, 5.41) is 13.3. The molecule has 0 aliphatic rings. The minimum Gasteiger partial charge on any atom is -0.481 e. The maximum atomic E-state index is 12.3. The average Bonchev–Trinajstić information content (AvgIpc) is 3.14. The van der Waals surface area contributed by atoms with E-state index in [-0.39, 0.29) is 24.6 Å². The van der Waals surface area contributed by atoms with Gasteiger partial charge in [-0.3, -0.25) is 14.4 Å². The summed E-state index contributed by atoms with van der Waals surface area (Å²) in [6.07, 6.45) is 1.25. The molecule has 2 aromatic heterocycles. The highest BCUT2D eigenvalue weighted by molar-refractivity contribution is 7.14. The third-order valence-electron chi connectivity index (χ3n) is 2.88. The number of hydrogen-bond acceptors (Lipinski definition) is 5. The summed E-state index contributed by atoms with van der Waals surface area (Å²) >= 11 is 1.21. The molecule has 2 aromatic rings. The molecule has 0 unspecified atom stereocenters. The minimum absolute atomic E-state index is 0.0928. The summed E-state index contributed by atoms with van der Waals surface area (Å²) in [6, 6.07) is 4.69. The van der Waals surface area contributed by atoms with Gasteiger partial charge in [-0.2, -0.15) is 0 Å². The predicted octanol–water partition coefficient (Wildman–Crippen LogP) is 2.14. The number of furan rings is 1. The maximum Gasteiger partial charge on any atom is 0.305 e. The monoisotopic (exact) mass is 322 g/mol. The number of nitrogens with zero attached hydrogens (tertiary/aromatic N) is 1. The Morgan fingerprint density at radius 2 is 2.14 bits per heavy atom. The van der Waals surface area contributed by atoms with Gasteiger partial charge < -0.3 is 19.7 Å². The van der Waals surface area contributed by atoms with Gasteiger partial charge in [0.05, 0.1) is 18.2 Å². The predicted molar refractivity (Wildman–Crippen MR) is 80.2 cm³/mol. The fourth-order valence-corrected chi connectivity index (χ4v) is 2.49. The van der Waals surface area contributed by atoms with Gasteiger partial charge in [0.25, 0.3) is 11.8 Å². The Morgan fingerprint density at radius 1 is 1.36 bits per heavy atom. The number of carbonyl (C=O) groups excluding carboxylic acids is 2. The molecule has 0 radical (unpaired) electrons. The Hall–Kier alpha value is -2.61. The summed E-state index contributed by atoms with van der Waals surface area (Å²) < 4.78 is 4.99. The Labute approximate surface area is 130 Å². The molecule has 0 aliphatic heterocycles. The van der Waals surface area contributed by atoms with Crippen LogP contribution in [-0.2, 0) is 4.79 Å². The van der Waals surface area contributed by atoms with Gasteiger partial charge in [-0.05, 0) is 23.6 Å². The van der Waals surface area contributed by atoms with Crippen LogP contribution in [-0.4, -0.2) is 41.4 Å². The number of aliphatic carboxylic acids is 1. The summed E-state index contributed by atoms with van der Waals surface area (Å²) in [4.78, 5) is 36.1.